The molecule has 29 heavy (non-hydrogen) atoms. The largest absolute Gasteiger partial charge is 0.417 e. The summed E-state index contributed by atoms with van der Waals surface area (Å²) in [6, 6.07) is 5.79. The molecule has 1 fully saturated rings. The Labute approximate surface area is 168 Å². The smallest absolute Gasteiger partial charge is 0.353 e. The van der Waals surface area contributed by atoms with Crippen LogP contribution in [-0.2, 0) is 16.2 Å². The number of nitrogens with zero attached hydrogens (tertiary/aromatic N) is 4. The average molecular weight is 451 g/mol. The molecule has 0 unspecified atom stereocenters. The summed E-state index contributed by atoms with van der Waals surface area (Å²) in [6.07, 6.45) is -3.91. The minimum Gasteiger partial charge on any atom is -0.353 e. The van der Waals surface area contributed by atoms with Crippen LogP contribution in [0.1, 0.15) is 5.56 Å². The zero-order valence-electron chi connectivity index (χ0n) is 14.6. The van der Waals surface area contributed by atoms with Crippen LogP contribution >= 0.6 is 11.6 Å². The van der Waals surface area contributed by atoms with Gasteiger partial charge in [-0.1, -0.05) is 23.7 Å². The molecule has 0 radical (unpaired) electrons. The highest BCUT2D eigenvalue weighted by Gasteiger charge is 2.35. The molecule has 0 bridgehead atoms. The van der Waals surface area contributed by atoms with Gasteiger partial charge in [0, 0.05) is 38.4 Å². The summed E-state index contributed by atoms with van der Waals surface area (Å²) in [4.78, 5) is 15.3. The van der Waals surface area contributed by atoms with Crippen molar-refractivity contribution >= 4 is 33.1 Å². The molecule has 8 nitrogen and oxygen atoms in total. The number of sulfonamides is 1. The molecule has 1 aliphatic rings. The number of alkyl halides is 3. The molecule has 3 rings (SSSR count). The van der Waals surface area contributed by atoms with Crippen LogP contribution in [-0.4, -0.2) is 48.8 Å². The fourth-order valence-electron chi connectivity index (χ4n) is 2.92. The number of pyridine rings is 1. The van der Waals surface area contributed by atoms with Crippen LogP contribution in [0.5, 0.6) is 0 Å². The zero-order valence-corrected chi connectivity index (χ0v) is 16.2. The number of hydrogen-bond acceptors (Lipinski definition) is 6. The first-order valence-corrected chi connectivity index (χ1v) is 10.0. The van der Waals surface area contributed by atoms with Crippen molar-refractivity contribution in [1.82, 2.24) is 9.29 Å². The van der Waals surface area contributed by atoms with Crippen LogP contribution in [0.3, 0.4) is 0 Å². The van der Waals surface area contributed by atoms with E-state index in [1.54, 1.807) is 4.90 Å². The van der Waals surface area contributed by atoms with Gasteiger partial charge in [-0.25, -0.2) is 13.4 Å². The van der Waals surface area contributed by atoms with Crippen LogP contribution in [0.4, 0.5) is 24.7 Å². The third-order valence-electron chi connectivity index (χ3n) is 4.37. The predicted octanol–water partition coefficient (Wildman–Crippen LogP) is 3.17. The Hall–Kier alpha value is -2.44. The second kappa shape index (κ2) is 7.76. The molecule has 1 aromatic carbocycles. The molecular weight excluding hydrogens is 437 g/mol. The highest BCUT2D eigenvalue weighted by Crippen LogP contribution is 2.34. The Morgan fingerprint density at radius 2 is 1.76 bits per heavy atom. The van der Waals surface area contributed by atoms with Crippen molar-refractivity contribution in [2.24, 2.45) is 0 Å². The Bertz CT molecular complexity index is 1040. The normalized spacial score (nSPS) is 16.1. The van der Waals surface area contributed by atoms with Gasteiger partial charge < -0.3 is 4.90 Å². The summed E-state index contributed by atoms with van der Waals surface area (Å²) >= 11 is 5.94. The van der Waals surface area contributed by atoms with Crippen LogP contribution in [0.25, 0.3) is 0 Å². The van der Waals surface area contributed by atoms with E-state index >= 15 is 0 Å². The maximum absolute atomic E-state index is 12.8. The molecule has 0 spiro atoms. The molecule has 1 aliphatic heterocycles. The fourth-order valence-corrected chi connectivity index (χ4v) is 4.79. The van der Waals surface area contributed by atoms with Crippen LogP contribution in [0, 0.1) is 10.1 Å². The first kappa shape index (κ1) is 21.3. The molecule has 2 heterocycles. The zero-order chi connectivity index (χ0) is 21.4. The lowest BCUT2D eigenvalue weighted by Gasteiger charge is -2.35. The van der Waals surface area contributed by atoms with E-state index < -0.39 is 37.3 Å². The number of piperazine rings is 1. The van der Waals surface area contributed by atoms with Crippen molar-refractivity contribution in [2.75, 3.05) is 31.1 Å². The number of hydrogen-bond donors (Lipinski definition) is 0. The van der Waals surface area contributed by atoms with Gasteiger partial charge in [-0.05, 0) is 12.1 Å². The van der Waals surface area contributed by atoms with Gasteiger partial charge >= 0.3 is 6.18 Å². The van der Waals surface area contributed by atoms with Crippen molar-refractivity contribution in [2.45, 2.75) is 11.1 Å². The third-order valence-corrected chi connectivity index (χ3v) is 6.59. The lowest BCUT2D eigenvalue weighted by molar-refractivity contribution is -0.387. The quantitative estimate of drug-likeness (QED) is 0.524. The lowest BCUT2D eigenvalue weighted by Crippen LogP contribution is -2.49. The van der Waals surface area contributed by atoms with Gasteiger partial charge in [0.15, 0.2) is 4.90 Å². The summed E-state index contributed by atoms with van der Waals surface area (Å²) in [5.74, 6) is 0.113. The van der Waals surface area contributed by atoms with Gasteiger partial charge in [0.2, 0.25) is 10.0 Å². The summed E-state index contributed by atoms with van der Waals surface area (Å²) in [6.45, 7) is 0.150. The van der Waals surface area contributed by atoms with E-state index in [9.17, 15) is 31.7 Å². The number of benzene rings is 1. The monoisotopic (exact) mass is 450 g/mol. The number of anilines is 1. The van der Waals surface area contributed by atoms with Gasteiger partial charge in [0.1, 0.15) is 5.82 Å². The number of nitro benzene ring substituents is 1. The van der Waals surface area contributed by atoms with E-state index in [4.69, 9.17) is 11.6 Å². The number of halogens is 4. The lowest BCUT2D eigenvalue weighted by atomic mass is 10.2. The summed E-state index contributed by atoms with van der Waals surface area (Å²) in [7, 11) is -4.12. The predicted molar refractivity (Wildman–Crippen MR) is 98.3 cm³/mol. The summed E-state index contributed by atoms with van der Waals surface area (Å²) < 4.78 is 64.9. The SMILES string of the molecule is O=[N+]([O-])c1ccccc1S(=O)(=O)N1CCN(c2ncc(C(F)(F)F)cc2Cl)CC1. The topological polar surface area (TPSA) is 96.6 Å². The van der Waals surface area contributed by atoms with E-state index in [0.717, 1.165) is 22.5 Å². The minimum absolute atomic E-state index is 0.0343. The molecule has 1 aromatic heterocycles. The highest BCUT2D eigenvalue weighted by molar-refractivity contribution is 7.89. The van der Waals surface area contributed by atoms with Crippen molar-refractivity contribution in [1.29, 1.82) is 0 Å². The Morgan fingerprint density at radius 1 is 1.14 bits per heavy atom. The van der Waals surface area contributed by atoms with Crippen molar-refractivity contribution in [3.05, 3.63) is 57.2 Å². The van der Waals surface area contributed by atoms with Gasteiger partial charge in [-0.2, -0.15) is 17.5 Å². The van der Waals surface area contributed by atoms with Gasteiger partial charge in [-0.15, -0.1) is 0 Å². The number of para-hydroxylation sites is 1. The standard InChI is InChI=1S/C16H14ClF3N4O4S/c17-12-9-11(16(18,19)20)10-21-15(12)22-5-7-23(8-6-22)29(27,28)14-4-2-1-3-13(14)24(25)26/h1-4,9-10H,5-8H2. The van der Waals surface area contributed by atoms with E-state index in [1.165, 1.54) is 12.1 Å². The Morgan fingerprint density at radius 3 is 2.31 bits per heavy atom. The Kier molecular flexibility index (Phi) is 5.70. The number of aromatic nitrogens is 1. The van der Waals surface area contributed by atoms with E-state index in [2.05, 4.69) is 4.98 Å². The van der Waals surface area contributed by atoms with Gasteiger partial charge in [0.05, 0.1) is 15.5 Å². The van der Waals surface area contributed by atoms with Gasteiger partial charge in [-0.3, -0.25) is 10.1 Å². The summed E-state index contributed by atoms with van der Waals surface area (Å²) in [5.41, 5.74) is -1.51. The molecule has 0 amide bonds. The van der Waals surface area contributed by atoms with Crippen molar-refractivity contribution in [3.8, 4) is 0 Å². The maximum Gasteiger partial charge on any atom is 0.417 e. The maximum atomic E-state index is 12.8. The minimum atomic E-state index is -4.58. The number of rotatable bonds is 4. The molecule has 13 heteroatoms. The fraction of sp³-hybridized carbons (Fsp3) is 0.312. The molecule has 156 valence electrons. The first-order valence-electron chi connectivity index (χ1n) is 8.23. The molecule has 1 saturated heterocycles. The molecule has 0 atom stereocenters. The van der Waals surface area contributed by atoms with Gasteiger partial charge in [0.25, 0.3) is 5.69 Å². The molecule has 0 aliphatic carbocycles. The summed E-state index contributed by atoms with van der Waals surface area (Å²) in [5, 5.41) is 10.9. The van der Waals surface area contributed by atoms with E-state index in [1.807, 2.05) is 0 Å². The van der Waals surface area contributed by atoms with E-state index in [-0.39, 0.29) is 37.0 Å². The third kappa shape index (κ3) is 4.28. The van der Waals surface area contributed by atoms with Crippen molar-refractivity contribution in [3.63, 3.8) is 0 Å². The highest BCUT2D eigenvalue weighted by atomic mass is 35.5. The molecule has 0 saturated carbocycles. The van der Waals surface area contributed by atoms with Crippen molar-refractivity contribution < 1.29 is 26.5 Å². The Balaban J connectivity index is 1.78. The first-order chi connectivity index (χ1) is 13.5. The van der Waals surface area contributed by atoms with Crippen LogP contribution in [0.15, 0.2) is 41.4 Å². The molecule has 2 aromatic rings. The molecular formula is C16H14ClF3N4O4S. The second-order valence-corrected chi connectivity index (χ2v) is 8.46. The van der Waals surface area contributed by atoms with Crippen LogP contribution < -0.4 is 4.90 Å². The second-order valence-electron chi connectivity index (χ2n) is 6.14. The van der Waals surface area contributed by atoms with E-state index in [0.29, 0.717) is 6.20 Å². The van der Waals surface area contributed by atoms with Crippen LogP contribution in [0.2, 0.25) is 5.02 Å². The number of nitro groups is 1. The molecule has 0 N–H and O–H groups in total. The average Bonchev–Trinajstić information content (AvgIpc) is 2.67.